The van der Waals surface area contributed by atoms with E-state index in [0.717, 1.165) is 17.7 Å². The zero-order valence-electron chi connectivity index (χ0n) is 11.1. The number of anilines is 1. The summed E-state index contributed by atoms with van der Waals surface area (Å²) >= 11 is 0. The minimum absolute atomic E-state index is 0.0338. The number of benzene rings is 1. The molecule has 2 amide bonds. The Morgan fingerprint density at radius 1 is 1.35 bits per heavy atom. The first-order valence-electron chi connectivity index (χ1n) is 6.35. The van der Waals surface area contributed by atoms with Crippen molar-refractivity contribution in [2.24, 2.45) is 5.92 Å². The van der Waals surface area contributed by atoms with Crippen LogP contribution in [0.25, 0.3) is 0 Å². The van der Waals surface area contributed by atoms with E-state index >= 15 is 0 Å². The number of hydrogen-bond acceptors (Lipinski definition) is 3. The average Bonchev–Trinajstić information content (AvgIpc) is 3.21. The highest BCUT2D eigenvalue weighted by Crippen LogP contribution is 2.30. The topological polar surface area (TPSA) is 86.7 Å². The number of carboxylic acid groups (broad SMARTS) is 1. The molecular formula is C14H16N2O4. The van der Waals surface area contributed by atoms with Gasteiger partial charge < -0.3 is 15.3 Å². The number of carboxylic acids is 1. The molecule has 0 atom stereocenters. The number of amides is 2. The lowest BCUT2D eigenvalue weighted by Crippen LogP contribution is -2.31. The van der Waals surface area contributed by atoms with Gasteiger partial charge in [-0.1, -0.05) is 6.07 Å². The van der Waals surface area contributed by atoms with Crippen LogP contribution in [-0.4, -0.2) is 41.4 Å². The molecule has 0 aliphatic heterocycles. The summed E-state index contributed by atoms with van der Waals surface area (Å²) in [6, 6.07) is 6.51. The molecule has 1 aliphatic carbocycles. The second kappa shape index (κ2) is 5.73. The molecule has 6 heteroatoms. The van der Waals surface area contributed by atoms with Gasteiger partial charge in [0, 0.05) is 24.2 Å². The first-order valence-corrected chi connectivity index (χ1v) is 6.35. The fourth-order valence-corrected chi connectivity index (χ4v) is 1.81. The summed E-state index contributed by atoms with van der Waals surface area (Å²) in [6.07, 6.45) is 1.82. The molecule has 0 aromatic heterocycles. The highest BCUT2D eigenvalue weighted by molar-refractivity contribution is 5.98. The summed E-state index contributed by atoms with van der Waals surface area (Å²) in [7, 11) is 1.42. The average molecular weight is 276 g/mol. The van der Waals surface area contributed by atoms with Gasteiger partial charge in [0.15, 0.2) is 0 Å². The first-order chi connectivity index (χ1) is 9.47. The molecule has 1 aromatic carbocycles. The number of aliphatic carboxylic acids is 1. The third-order valence-corrected chi connectivity index (χ3v) is 3.04. The third-order valence-electron chi connectivity index (χ3n) is 3.04. The van der Waals surface area contributed by atoms with Gasteiger partial charge in [0.25, 0.3) is 5.91 Å². The highest BCUT2D eigenvalue weighted by atomic mass is 16.4. The van der Waals surface area contributed by atoms with E-state index in [1.54, 1.807) is 24.3 Å². The van der Waals surface area contributed by atoms with Crippen LogP contribution in [0, 0.1) is 5.92 Å². The van der Waals surface area contributed by atoms with E-state index in [9.17, 15) is 14.4 Å². The largest absolute Gasteiger partial charge is 0.480 e. The van der Waals surface area contributed by atoms with Crippen molar-refractivity contribution >= 4 is 23.5 Å². The Morgan fingerprint density at radius 3 is 2.65 bits per heavy atom. The molecular weight excluding hydrogens is 260 g/mol. The number of rotatable bonds is 5. The minimum atomic E-state index is -1.07. The van der Waals surface area contributed by atoms with E-state index in [0.29, 0.717) is 11.3 Å². The molecule has 1 saturated carbocycles. The van der Waals surface area contributed by atoms with E-state index in [1.165, 1.54) is 7.05 Å². The van der Waals surface area contributed by atoms with Crippen LogP contribution in [-0.2, 0) is 9.59 Å². The maximum atomic E-state index is 12.0. The Morgan fingerprint density at radius 2 is 2.05 bits per heavy atom. The van der Waals surface area contributed by atoms with Gasteiger partial charge >= 0.3 is 5.97 Å². The second-order valence-electron chi connectivity index (χ2n) is 4.90. The Balaban J connectivity index is 2.06. The first kappa shape index (κ1) is 14.0. The zero-order valence-corrected chi connectivity index (χ0v) is 11.1. The van der Waals surface area contributed by atoms with Crippen LogP contribution in [0.5, 0.6) is 0 Å². The van der Waals surface area contributed by atoms with E-state index in [1.807, 2.05) is 0 Å². The van der Waals surface area contributed by atoms with Crippen LogP contribution in [0.15, 0.2) is 24.3 Å². The summed E-state index contributed by atoms with van der Waals surface area (Å²) in [5.74, 6) is -1.41. The van der Waals surface area contributed by atoms with Crippen LogP contribution in [0.4, 0.5) is 5.69 Å². The van der Waals surface area contributed by atoms with Gasteiger partial charge in [-0.2, -0.15) is 0 Å². The number of nitrogens with zero attached hydrogens (tertiary/aromatic N) is 1. The maximum Gasteiger partial charge on any atom is 0.323 e. The molecule has 106 valence electrons. The fourth-order valence-electron chi connectivity index (χ4n) is 1.81. The van der Waals surface area contributed by atoms with E-state index in [-0.39, 0.29) is 18.4 Å². The van der Waals surface area contributed by atoms with Crippen molar-refractivity contribution in [2.75, 3.05) is 18.9 Å². The standard InChI is InChI=1S/C14H16N2O4/c1-16(8-12(17)18)14(20)10-3-2-4-11(7-10)15-13(19)9-5-6-9/h2-4,7,9H,5-6,8H2,1H3,(H,15,19)(H,17,18). The summed E-state index contributed by atoms with van der Waals surface area (Å²) in [4.78, 5) is 35.4. The zero-order chi connectivity index (χ0) is 14.7. The normalized spacial score (nSPS) is 13.7. The number of carbonyl (C=O) groups excluding carboxylic acids is 2. The Labute approximate surface area is 116 Å². The van der Waals surface area contributed by atoms with Crippen LogP contribution in [0.1, 0.15) is 23.2 Å². The lowest BCUT2D eigenvalue weighted by atomic mass is 10.1. The molecule has 2 rings (SSSR count). The van der Waals surface area contributed by atoms with Gasteiger partial charge in [-0.15, -0.1) is 0 Å². The number of carbonyl (C=O) groups is 3. The SMILES string of the molecule is CN(CC(=O)O)C(=O)c1cccc(NC(=O)C2CC2)c1. The predicted molar refractivity (Wildman–Crippen MR) is 72.4 cm³/mol. The van der Waals surface area contributed by atoms with Crippen LogP contribution >= 0.6 is 0 Å². The van der Waals surface area contributed by atoms with Gasteiger partial charge in [0.2, 0.25) is 5.91 Å². The molecule has 0 bridgehead atoms. The van der Waals surface area contributed by atoms with Crippen molar-refractivity contribution in [3.05, 3.63) is 29.8 Å². The second-order valence-corrected chi connectivity index (χ2v) is 4.90. The summed E-state index contributed by atoms with van der Waals surface area (Å²) in [5, 5.41) is 11.4. The fraction of sp³-hybridized carbons (Fsp3) is 0.357. The maximum absolute atomic E-state index is 12.0. The molecule has 20 heavy (non-hydrogen) atoms. The van der Waals surface area contributed by atoms with Gasteiger partial charge in [-0.05, 0) is 31.0 Å². The Hall–Kier alpha value is -2.37. The quantitative estimate of drug-likeness (QED) is 0.845. The number of hydrogen-bond donors (Lipinski definition) is 2. The van der Waals surface area contributed by atoms with Gasteiger partial charge in [-0.25, -0.2) is 0 Å². The summed E-state index contributed by atoms with van der Waals surface area (Å²) < 4.78 is 0. The molecule has 1 fully saturated rings. The molecule has 0 radical (unpaired) electrons. The molecule has 0 unspecified atom stereocenters. The van der Waals surface area contributed by atoms with Crippen LogP contribution in [0.2, 0.25) is 0 Å². The molecule has 0 spiro atoms. The lowest BCUT2D eigenvalue weighted by Gasteiger charge is -2.15. The van der Waals surface area contributed by atoms with Crippen molar-refractivity contribution < 1.29 is 19.5 Å². The lowest BCUT2D eigenvalue weighted by molar-refractivity contribution is -0.137. The van der Waals surface area contributed by atoms with Gasteiger partial charge in [-0.3, -0.25) is 14.4 Å². The van der Waals surface area contributed by atoms with Gasteiger partial charge in [0.05, 0.1) is 0 Å². The Kier molecular flexibility index (Phi) is 4.02. The van der Waals surface area contributed by atoms with Crippen LogP contribution < -0.4 is 5.32 Å². The van der Waals surface area contributed by atoms with E-state index in [2.05, 4.69) is 5.32 Å². The van der Waals surface area contributed by atoms with E-state index in [4.69, 9.17) is 5.11 Å². The molecule has 1 aromatic rings. The monoisotopic (exact) mass is 276 g/mol. The van der Waals surface area contributed by atoms with Crippen molar-refractivity contribution in [1.82, 2.24) is 4.90 Å². The Bertz CT molecular complexity index is 552. The van der Waals surface area contributed by atoms with Gasteiger partial charge in [0.1, 0.15) is 6.54 Å². The molecule has 6 nitrogen and oxygen atoms in total. The minimum Gasteiger partial charge on any atom is -0.480 e. The van der Waals surface area contributed by atoms with Crippen molar-refractivity contribution in [2.45, 2.75) is 12.8 Å². The van der Waals surface area contributed by atoms with Crippen molar-refractivity contribution in [3.63, 3.8) is 0 Å². The van der Waals surface area contributed by atoms with Crippen molar-refractivity contribution in [1.29, 1.82) is 0 Å². The smallest absolute Gasteiger partial charge is 0.323 e. The molecule has 1 aliphatic rings. The number of likely N-dealkylation sites (N-methyl/N-ethyl adjacent to an activating group) is 1. The highest BCUT2D eigenvalue weighted by Gasteiger charge is 2.29. The number of nitrogens with one attached hydrogen (secondary N) is 1. The summed E-state index contributed by atoms with van der Waals surface area (Å²) in [5.41, 5.74) is 0.902. The van der Waals surface area contributed by atoms with E-state index < -0.39 is 11.9 Å². The molecule has 0 heterocycles. The summed E-state index contributed by atoms with van der Waals surface area (Å²) in [6.45, 7) is -0.364. The van der Waals surface area contributed by atoms with Crippen molar-refractivity contribution in [3.8, 4) is 0 Å². The third kappa shape index (κ3) is 3.57. The predicted octanol–water partition coefficient (Wildman–Crippen LogP) is 1.19. The molecule has 0 saturated heterocycles. The van der Waals surface area contributed by atoms with Crippen LogP contribution in [0.3, 0.4) is 0 Å². The molecule has 2 N–H and O–H groups in total.